The van der Waals surface area contributed by atoms with Gasteiger partial charge in [0.15, 0.2) is 0 Å². The summed E-state index contributed by atoms with van der Waals surface area (Å²) in [5, 5.41) is 7.36. The van der Waals surface area contributed by atoms with Gasteiger partial charge in [-0.2, -0.15) is 5.10 Å². The van der Waals surface area contributed by atoms with Crippen molar-refractivity contribution in [3.05, 3.63) is 36.5 Å². The summed E-state index contributed by atoms with van der Waals surface area (Å²) in [4.78, 5) is 8.08. The van der Waals surface area contributed by atoms with E-state index >= 15 is 0 Å². The second-order valence-corrected chi connectivity index (χ2v) is 3.30. The summed E-state index contributed by atoms with van der Waals surface area (Å²) in [6.45, 7) is 3.64. The average Bonchev–Trinajstić information content (AvgIpc) is 2.66. The van der Waals surface area contributed by atoms with Gasteiger partial charge in [0.05, 0.1) is 18.9 Å². The SMILES string of the molecule is Cc1cnn(CCNc2cnccn2)c1. The highest BCUT2D eigenvalue weighted by atomic mass is 15.3. The second kappa shape index (κ2) is 4.54. The quantitative estimate of drug-likeness (QED) is 0.808. The Balaban J connectivity index is 1.80. The molecule has 2 heterocycles. The molecular weight excluding hydrogens is 190 g/mol. The van der Waals surface area contributed by atoms with Crippen LogP contribution in [0.15, 0.2) is 31.0 Å². The number of aromatic nitrogens is 4. The lowest BCUT2D eigenvalue weighted by Gasteiger charge is -2.04. The molecule has 0 unspecified atom stereocenters. The van der Waals surface area contributed by atoms with E-state index in [4.69, 9.17) is 0 Å². The topological polar surface area (TPSA) is 55.6 Å². The van der Waals surface area contributed by atoms with Crippen LogP contribution in [0.25, 0.3) is 0 Å². The Morgan fingerprint density at radius 2 is 2.27 bits per heavy atom. The molecule has 1 N–H and O–H groups in total. The molecule has 0 aliphatic carbocycles. The molecule has 0 fully saturated rings. The fourth-order valence-electron chi connectivity index (χ4n) is 1.28. The molecule has 0 spiro atoms. The van der Waals surface area contributed by atoms with Crippen molar-refractivity contribution in [3.8, 4) is 0 Å². The molecule has 0 aliphatic rings. The van der Waals surface area contributed by atoms with Gasteiger partial charge < -0.3 is 5.32 Å². The van der Waals surface area contributed by atoms with Crippen molar-refractivity contribution in [2.24, 2.45) is 0 Å². The monoisotopic (exact) mass is 203 g/mol. The molecule has 0 aromatic carbocycles. The van der Waals surface area contributed by atoms with Crippen molar-refractivity contribution >= 4 is 5.82 Å². The largest absolute Gasteiger partial charge is 0.367 e. The van der Waals surface area contributed by atoms with Crippen LogP contribution in [0.2, 0.25) is 0 Å². The molecule has 0 saturated carbocycles. The van der Waals surface area contributed by atoms with Crippen LogP contribution in [0.1, 0.15) is 5.56 Å². The van der Waals surface area contributed by atoms with Crippen LogP contribution in [0.4, 0.5) is 5.82 Å². The maximum Gasteiger partial charge on any atom is 0.144 e. The Morgan fingerprint density at radius 1 is 1.33 bits per heavy atom. The van der Waals surface area contributed by atoms with E-state index in [0.29, 0.717) is 0 Å². The lowest BCUT2D eigenvalue weighted by Crippen LogP contribution is -2.11. The molecule has 2 aromatic rings. The number of nitrogens with one attached hydrogen (secondary N) is 1. The smallest absolute Gasteiger partial charge is 0.144 e. The lowest BCUT2D eigenvalue weighted by molar-refractivity contribution is 0.636. The van der Waals surface area contributed by atoms with Crippen LogP contribution >= 0.6 is 0 Å². The molecule has 5 heteroatoms. The maximum atomic E-state index is 4.19. The first-order chi connectivity index (χ1) is 7.34. The third-order valence-corrected chi connectivity index (χ3v) is 1.97. The Morgan fingerprint density at radius 3 is 2.93 bits per heavy atom. The highest BCUT2D eigenvalue weighted by molar-refractivity contribution is 5.29. The van der Waals surface area contributed by atoms with E-state index in [2.05, 4.69) is 20.4 Å². The van der Waals surface area contributed by atoms with Gasteiger partial charge in [-0.1, -0.05) is 0 Å². The Bertz CT molecular complexity index is 409. The van der Waals surface area contributed by atoms with Crippen LogP contribution in [0.3, 0.4) is 0 Å². The highest BCUT2D eigenvalue weighted by Gasteiger charge is 1.94. The Labute approximate surface area is 88.2 Å². The first kappa shape index (κ1) is 9.64. The van der Waals surface area contributed by atoms with Crippen LogP contribution < -0.4 is 5.32 Å². The van der Waals surface area contributed by atoms with Gasteiger partial charge in [0.25, 0.3) is 0 Å². The zero-order valence-corrected chi connectivity index (χ0v) is 8.59. The van der Waals surface area contributed by atoms with Crippen molar-refractivity contribution in [2.45, 2.75) is 13.5 Å². The van der Waals surface area contributed by atoms with Gasteiger partial charge in [0.2, 0.25) is 0 Å². The summed E-state index contributed by atoms with van der Waals surface area (Å²) in [6, 6.07) is 0. The number of hydrogen-bond donors (Lipinski definition) is 1. The van der Waals surface area contributed by atoms with Crippen LogP contribution in [-0.2, 0) is 6.54 Å². The third kappa shape index (κ3) is 2.77. The first-order valence-corrected chi connectivity index (χ1v) is 4.83. The lowest BCUT2D eigenvalue weighted by atomic mass is 10.4. The molecule has 2 aromatic heterocycles. The minimum atomic E-state index is 0.791. The van der Waals surface area contributed by atoms with E-state index in [1.165, 1.54) is 5.56 Å². The molecule has 5 nitrogen and oxygen atoms in total. The van der Waals surface area contributed by atoms with E-state index in [1.807, 2.05) is 24.0 Å². The summed E-state index contributed by atoms with van der Waals surface area (Å²) < 4.78 is 1.90. The summed E-state index contributed by atoms with van der Waals surface area (Å²) in [5.74, 6) is 0.793. The molecule has 0 aliphatic heterocycles. The molecule has 78 valence electrons. The number of rotatable bonds is 4. The predicted octanol–water partition coefficient (Wildman–Crippen LogP) is 1.09. The molecule has 0 saturated heterocycles. The second-order valence-electron chi connectivity index (χ2n) is 3.30. The van der Waals surface area contributed by atoms with Crippen LogP contribution in [0, 0.1) is 6.92 Å². The maximum absolute atomic E-state index is 4.19. The van der Waals surface area contributed by atoms with Crippen molar-refractivity contribution in [1.29, 1.82) is 0 Å². The van der Waals surface area contributed by atoms with E-state index in [9.17, 15) is 0 Å². The molecule has 0 radical (unpaired) electrons. The standard InChI is InChI=1S/C10H13N5/c1-9-6-14-15(8-9)5-4-13-10-7-11-2-3-12-10/h2-3,6-8H,4-5H2,1H3,(H,12,13). The van der Waals surface area contributed by atoms with Crippen molar-refractivity contribution in [1.82, 2.24) is 19.7 Å². The third-order valence-electron chi connectivity index (χ3n) is 1.97. The summed E-state index contributed by atoms with van der Waals surface area (Å²) >= 11 is 0. The van der Waals surface area contributed by atoms with Gasteiger partial charge in [0.1, 0.15) is 5.82 Å². The molecule has 2 rings (SSSR count). The number of aryl methyl sites for hydroxylation is 1. The average molecular weight is 203 g/mol. The van der Waals surface area contributed by atoms with Crippen molar-refractivity contribution in [2.75, 3.05) is 11.9 Å². The fraction of sp³-hybridized carbons (Fsp3) is 0.300. The van der Waals surface area contributed by atoms with Crippen molar-refractivity contribution < 1.29 is 0 Å². The van der Waals surface area contributed by atoms with Gasteiger partial charge in [-0.15, -0.1) is 0 Å². The number of hydrogen-bond acceptors (Lipinski definition) is 4. The molecule has 15 heavy (non-hydrogen) atoms. The zero-order chi connectivity index (χ0) is 10.5. The van der Waals surface area contributed by atoms with Gasteiger partial charge >= 0.3 is 0 Å². The Hall–Kier alpha value is -1.91. The summed E-state index contributed by atoms with van der Waals surface area (Å²) in [7, 11) is 0. The molecular formula is C10H13N5. The zero-order valence-electron chi connectivity index (χ0n) is 8.59. The summed E-state index contributed by atoms with van der Waals surface area (Å²) in [5.41, 5.74) is 1.18. The van der Waals surface area contributed by atoms with E-state index < -0.39 is 0 Å². The van der Waals surface area contributed by atoms with Gasteiger partial charge in [0, 0.05) is 25.1 Å². The van der Waals surface area contributed by atoms with E-state index in [-0.39, 0.29) is 0 Å². The highest BCUT2D eigenvalue weighted by Crippen LogP contribution is 1.97. The minimum absolute atomic E-state index is 0.791. The first-order valence-electron chi connectivity index (χ1n) is 4.83. The minimum Gasteiger partial charge on any atom is -0.367 e. The van der Waals surface area contributed by atoms with Gasteiger partial charge in [-0.25, -0.2) is 4.98 Å². The normalized spacial score (nSPS) is 10.2. The summed E-state index contributed by atoms with van der Waals surface area (Å²) in [6.07, 6.45) is 8.89. The Kier molecular flexibility index (Phi) is 2.92. The number of anilines is 1. The molecule has 0 bridgehead atoms. The van der Waals surface area contributed by atoms with Crippen LogP contribution in [-0.4, -0.2) is 26.3 Å². The van der Waals surface area contributed by atoms with Crippen molar-refractivity contribution in [3.63, 3.8) is 0 Å². The van der Waals surface area contributed by atoms with Gasteiger partial charge in [-0.3, -0.25) is 9.67 Å². The van der Waals surface area contributed by atoms with E-state index in [1.54, 1.807) is 18.6 Å². The van der Waals surface area contributed by atoms with Gasteiger partial charge in [-0.05, 0) is 12.5 Å². The molecule has 0 atom stereocenters. The van der Waals surface area contributed by atoms with Crippen LogP contribution in [0.5, 0.6) is 0 Å². The molecule has 0 amide bonds. The fourth-order valence-corrected chi connectivity index (χ4v) is 1.28. The predicted molar refractivity (Wildman–Crippen MR) is 57.5 cm³/mol. The van der Waals surface area contributed by atoms with E-state index in [0.717, 1.165) is 18.9 Å². The number of nitrogens with zero attached hydrogens (tertiary/aromatic N) is 4.